The molecule has 0 saturated heterocycles. The second kappa shape index (κ2) is 7.54. The summed E-state index contributed by atoms with van der Waals surface area (Å²) < 4.78 is 31.0. The lowest BCUT2D eigenvalue weighted by molar-refractivity contribution is 0.432. The molecule has 1 unspecified atom stereocenters. The van der Waals surface area contributed by atoms with Gasteiger partial charge in [-0.15, -0.1) is 12.4 Å². The molecule has 0 fully saturated rings. The predicted molar refractivity (Wildman–Crippen MR) is 111 cm³/mol. The van der Waals surface area contributed by atoms with Crippen LogP contribution in [-0.4, -0.2) is 30.9 Å². The molecule has 0 radical (unpaired) electrons. The summed E-state index contributed by atoms with van der Waals surface area (Å²) >= 11 is 0. The van der Waals surface area contributed by atoms with E-state index >= 15 is 0 Å². The maximum Gasteiger partial charge on any atom is 0.258 e. The van der Waals surface area contributed by atoms with Gasteiger partial charge in [0.15, 0.2) is 0 Å². The van der Waals surface area contributed by atoms with Crippen molar-refractivity contribution in [1.82, 2.24) is 10.1 Å². The van der Waals surface area contributed by atoms with Gasteiger partial charge in [0, 0.05) is 23.7 Å². The van der Waals surface area contributed by atoms with Gasteiger partial charge in [-0.1, -0.05) is 29.4 Å². The van der Waals surface area contributed by atoms with Crippen molar-refractivity contribution in [3.05, 3.63) is 53.6 Å². The van der Waals surface area contributed by atoms with Crippen LogP contribution in [0.4, 0.5) is 5.69 Å². The van der Waals surface area contributed by atoms with Gasteiger partial charge in [0.25, 0.3) is 5.89 Å². The molecule has 3 aromatic rings. The van der Waals surface area contributed by atoms with E-state index in [9.17, 15) is 8.42 Å². The Hall–Kier alpha value is -2.42. The van der Waals surface area contributed by atoms with Crippen molar-refractivity contribution in [3.8, 4) is 22.8 Å². The van der Waals surface area contributed by atoms with Gasteiger partial charge in [0.05, 0.1) is 11.9 Å². The summed E-state index contributed by atoms with van der Waals surface area (Å²) in [6.45, 7) is 2.38. The Labute approximate surface area is 170 Å². The van der Waals surface area contributed by atoms with Crippen LogP contribution in [0, 0.1) is 0 Å². The van der Waals surface area contributed by atoms with E-state index in [1.807, 2.05) is 43.3 Å². The number of halogens is 1. The van der Waals surface area contributed by atoms with E-state index in [-0.39, 0.29) is 18.4 Å². The van der Waals surface area contributed by atoms with Crippen molar-refractivity contribution in [3.63, 3.8) is 0 Å². The number of benzene rings is 2. The second-order valence-electron chi connectivity index (χ2n) is 6.78. The first-order chi connectivity index (χ1) is 12.9. The molecule has 2 heterocycles. The Balaban J connectivity index is 0.00000225. The quantitative estimate of drug-likeness (QED) is 0.696. The van der Waals surface area contributed by atoms with Crippen LogP contribution >= 0.6 is 12.4 Å². The minimum atomic E-state index is -3.31. The van der Waals surface area contributed by atoms with Crippen molar-refractivity contribution < 1.29 is 12.9 Å². The fourth-order valence-corrected chi connectivity index (χ4v) is 4.75. The summed E-state index contributed by atoms with van der Waals surface area (Å²) in [5.74, 6) is 0.904. The first kappa shape index (κ1) is 20.3. The normalized spacial score (nSPS) is 16.0. The number of anilines is 1. The summed E-state index contributed by atoms with van der Waals surface area (Å²) in [4.78, 5) is 4.48. The standard InChI is InChI=1S/C19H20N4O3S.ClH/c1-12-9-16-10-15(7-8-17(16)23(12)27(2,24)25)19-21-18(22-26-19)14-5-3-13(11-20)4-6-14;/h3-8,10,12H,9,11,20H2,1-2H3;1H. The first-order valence-electron chi connectivity index (χ1n) is 8.62. The van der Waals surface area contributed by atoms with E-state index in [2.05, 4.69) is 10.1 Å². The first-order valence-corrected chi connectivity index (χ1v) is 10.5. The van der Waals surface area contributed by atoms with Crippen molar-refractivity contribution >= 4 is 28.1 Å². The molecule has 0 amide bonds. The summed E-state index contributed by atoms with van der Waals surface area (Å²) in [6.07, 6.45) is 1.88. The fraction of sp³-hybridized carbons (Fsp3) is 0.263. The number of fused-ring (bicyclic) bond motifs is 1. The molecule has 4 rings (SSSR count). The summed E-state index contributed by atoms with van der Waals surface area (Å²) in [7, 11) is -3.31. The third-order valence-electron chi connectivity index (χ3n) is 4.71. The average molecular weight is 421 g/mol. The highest BCUT2D eigenvalue weighted by atomic mass is 35.5. The second-order valence-corrected chi connectivity index (χ2v) is 8.64. The van der Waals surface area contributed by atoms with Crippen LogP contribution in [0.5, 0.6) is 0 Å². The zero-order valence-corrected chi connectivity index (χ0v) is 17.1. The number of rotatable bonds is 4. The van der Waals surface area contributed by atoms with Crippen LogP contribution in [0.25, 0.3) is 22.8 Å². The van der Waals surface area contributed by atoms with Crippen LogP contribution < -0.4 is 10.0 Å². The molecule has 1 aliphatic rings. The predicted octanol–water partition coefficient (Wildman–Crippen LogP) is 2.99. The van der Waals surface area contributed by atoms with E-state index in [0.717, 1.165) is 22.3 Å². The van der Waals surface area contributed by atoms with Crippen molar-refractivity contribution in [2.24, 2.45) is 5.73 Å². The van der Waals surface area contributed by atoms with Gasteiger partial charge in [-0.05, 0) is 42.7 Å². The van der Waals surface area contributed by atoms with E-state index in [4.69, 9.17) is 10.3 Å². The lowest BCUT2D eigenvalue weighted by Crippen LogP contribution is -2.34. The lowest BCUT2D eigenvalue weighted by Gasteiger charge is -2.21. The monoisotopic (exact) mass is 420 g/mol. The van der Waals surface area contributed by atoms with Gasteiger partial charge in [-0.25, -0.2) is 8.42 Å². The molecule has 0 spiro atoms. The summed E-state index contributed by atoms with van der Waals surface area (Å²) in [6, 6.07) is 13.1. The maximum absolute atomic E-state index is 12.0. The van der Waals surface area contributed by atoms with Gasteiger partial charge >= 0.3 is 0 Å². The van der Waals surface area contributed by atoms with Gasteiger partial charge < -0.3 is 10.3 Å². The Kier molecular flexibility index (Phi) is 5.47. The van der Waals surface area contributed by atoms with Gasteiger partial charge in [-0.2, -0.15) is 4.98 Å². The number of aromatic nitrogens is 2. The fourth-order valence-electron chi connectivity index (χ4n) is 3.49. The van der Waals surface area contributed by atoms with Crippen molar-refractivity contribution in [1.29, 1.82) is 0 Å². The molecule has 2 aromatic carbocycles. The average Bonchev–Trinajstić information content (AvgIpc) is 3.24. The lowest BCUT2D eigenvalue weighted by atomic mass is 10.1. The van der Waals surface area contributed by atoms with Crippen molar-refractivity contribution in [2.45, 2.75) is 25.9 Å². The van der Waals surface area contributed by atoms with Crippen LogP contribution in [0.2, 0.25) is 0 Å². The van der Waals surface area contributed by atoms with E-state index < -0.39 is 10.0 Å². The Morgan fingerprint density at radius 3 is 2.50 bits per heavy atom. The zero-order chi connectivity index (χ0) is 19.2. The molecule has 7 nitrogen and oxygen atoms in total. The Morgan fingerprint density at radius 1 is 1.18 bits per heavy atom. The zero-order valence-electron chi connectivity index (χ0n) is 15.5. The Bertz CT molecular complexity index is 1100. The molecule has 28 heavy (non-hydrogen) atoms. The smallest absolute Gasteiger partial charge is 0.258 e. The minimum Gasteiger partial charge on any atom is -0.334 e. The van der Waals surface area contributed by atoms with E-state index in [1.54, 1.807) is 6.07 Å². The number of hydrogen-bond donors (Lipinski definition) is 1. The van der Waals surface area contributed by atoms with Crippen LogP contribution in [0.15, 0.2) is 47.0 Å². The molecule has 2 N–H and O–H groups in total. The van der Waals surface area contributed by atoms with Crippen LogP contribution in [0.1, 0.15) is 18.1 Å². The third-order valence-corrected chi connectivity index (χ3v) is 5.98. The number of hydrogen-bond acceptors (Lipinski definition) is 6. The van der Waals surface area contributed by atoms with E-state index in [1.165, 1.54) is 10.6 Å². The molecule has 1 atom stereocenters. The Morgan fingerprint density at radius 2 is 1.86 bits per heavy atom. The van der Waals surface area contributed by atoms with E-state index in [0.29, 0.717) is 30.4 Å². The molecule has 1 aliphatic heterocycles. The highest BCUT2D eigenvalue weighted by Gasteiger charge is 2.32. The van der Waals surface area contributed by atoms with Gasteiger partial charge in [0.1, 0.15) is 0 Å². The highest BCUT2D eigenvalue weighted by Crippen LogP contribution is 2.36. The molecule has 0 saturated carbocycles. The maximum atomic E-state index is 12.0. The molecular weight excluding hydrogens is 400 g/mol. The van der Waals surface area contributed by atoms with Gasteiger partial charge in [0.2, 0.25) is 15.8 Å². The number of sulfonamides is 1. The number of nitrogens with two attached hydrogens (primary N) is 1. The third kappa shape index (κ3) is 3.63. The largest absolute Gasteiger partial charge is 0.334 e. The van der Waals surface area contributed by atoms with Crippen molar-refractivity contribution in [2.75, 3.05) is 10.6 Å². The van der Waals surface area contributed by atoms with Crippen LogP contribution in [-0.2, 0) is 23.0 Å². The summed E-state index contributed by atoms with van der Waals surface area (Å²) in [5, 5.41) is 4.06. The summed E-state index contributed by atoms with van der Waals surface area (Å²) in [5.41, 5.74) is 9.94. The topological polar surface area (TPSA) is 102 Å². The molecule has 148 valence electrons. The van der Waals surface area contributed by atoms with Gasteiger partial charge in [-0.3, -0.25) is 4.31 Å². The number of nitrogens with zero attached hydrogens (tertiary/aromatic N) is 3. The minimum absolute atomic E-state index is 0. The SMILES string of the molecule is CC1Cc2cc(-c3nc(-c4ccc(CN)cc4)no3)ccc2N1S(C)(=O)=O.Cl. The molecule has 1 aromatic heterocycles. The van der Waals surface area contributed by atoms with Crippen LogP contribution in [0.3, 0.4) is 0 Å². The molecular formula is C19H21ClN4O3S. The molecule has 0 aliphatic carbocycles. The molecule has 9 heteroatoms. The molecule has 0 bridgehead atoms. The highest BCUT2D eigenvalue weighted by molar-refractivity contribution is 7.92.